The van der Waals surface area contributed by atoms with E-state index in [-0.39, 0.29) is 6.71 Å². The minimum atomic E-state index is 0.0730. The molecule has 0 spiro atoms. The Morgan fingerprint density at radius 2 is 1.18 bits per heavy atom. The average Bonchev–Trinajstić information content (AvgIpc) is 3.36. The van der Waals surface area contributed by atoms with Gasteiger partial charge < -0.3 is 14.2 Å². The molecule has 0 amide bonds. The summed E-state index contributed by atoms with van der Waals surface area (Å²) in [7, 11) is 0. The molecule has 40 heavy (non-hydrogen) atoms. The highest BCUT2D eigenvalue weighted by Gasteiger charge is 2.41. The molecular formula is C36H23BN2O. The Bertz CT molecular complexity index is 2060. The second kappa shape index (κ2) is 8.14. The molecule has 186 valence electrons. The summed E-state index contributed by atoms with van der Waals surface area (Å²) < 4.78 is 9.12. The quantitative estimate of drug-likeness (QED) is 0.234. The molecule has 7 aromatic rings. The molecule has 6 aromatic carbocycles. The largest absolute Gasteiger partial charge is 0.458 e. The summed E-state index contributed by atoms with van der Waals surface area (Å²) in [6, 6.07) is 49.8. The number of ether oxygens (including phenoxy) is 1. The number of hydrogen-bond acceptors (Lipinski definition) is 2. The number of rotatable bonds is 3. The van der Waals surface area contributed by atoms with Crippen molar-refractivity contribution in [3.8, 4) is 17.2 Å². The standard InChI is InChI=1S/C36H23BN2O/c1-3-12-24(13-4-1)38(25-14-5-2-6-15-25)31-22-23-33-34-36(31)39-30-20-9-7-16-26(30)27-17-11-19-29(35(27)39)37(34)28-18-8-10-21-32(28)40-33/h1-23H. The van der Waals surface area contributed by atoms with Gasteiger partial charge in [-0.25, -0.2) is 0 Å². The van der Waals surface area contributed by atoms with E-state index in [9.17, 15) is 0 Å². The normalized spacial score (nSPS) is 12.7. The van der Waals surface area contributed by atoms with Crippen LogP contribution in [0.25, 0.3) is 27.5 Å². The molecule has 4 heteroatoms. The van der Waals surface area contributed by atoms with Crippen molar-refractivity contribution in [2.45, 2.75) is 0 Å². The van der Waals surface area contributed by atoms with E-state index in [4.69, 9.17) is 4.74 Å². The van der Waals surface area contributed by atoms with Crippen LogP contribution in [-0.4, -0.2) is 11.3 Å². The van der Waals surface area contributed by atoms with Gasteiger partial charge in [-0.3, -0.25) is 0 Å². The number of nitrogens with zero attached hydrogens (tertiary/aromatic N) is 2. The third-order valence-corrected chi connectivity index (χ3v) is 8.42. The molecule has 0 saturated heterocycles. The minimum Gasteiger partial charge on any atom is -0.458 e. The molecule has 0 fully saturated rings. The van der Waals surface area contributed by atoms with Crippen LogP contribution in [0.15, 0.2) is 140 Å². The summed E-state index contributed by atoms with van der Waals surface area (Å²) in [6.07, 6.45) is 0. The maximum atomic E-state index is 6.64. The highest BCUT2D eigenvalue weighted by molar-refractivity contribution is 6.99. The minimum absolute atomic E-state index is 0.0730. The lowest BCUT2D eigenvalue weighted by atomic mass is 9.34. The summed E-state index contributed by atoms with van der Waals surface area (Å²) in [4.78, 5) is 2.38. The molecule has 9 rings (SSSR count). The van der Waals surface area contributed by atoms with E-state index in [2.05, 4.69) is 149 Å². The molecular weight excluding hydrogens is 487 g/mol. The Hall–Kier alpha value is -5.22. The third kappa shape index (κ3) is 2.85. The van der Waals surface area contributed by atoms with Gasteiger partial charge in [-0.1, -0.05) is 91.0 Å². The number of hydrogen-bond donors (Lipinski definition) is 0. The Morgan fingerprint density at radius 1 is 0.525 bits per heavy atom. The van der Waals surface area contributed by atoms with Crippen molar-refractivity contribution in [2.24, 2.45) is 0 Å². The van der Waals surface area contributed by atoms with Gasteiger partial charge in [-0.05, 0) is 64.9 Å². The smallest absolute Gasteiger partial charge is 0.256 e. The maximum absolute atomic E-state index is 6.64. The Morgan fingerprint density at radius 3 is 1.98 bits per heavy atom. The molecule has 3 heterocycles. The van der Waals surface area contributed by atoms with Crippen molar-refractivity contribution >= 4 is 62.0 Å². The zero-order valence-electron chi connectivity index (χ0n) is 21.7. The first-order valence-corrected chi connectivity index (χ1v) is 13.7. The molecule has 2 aliphatic heterocycles. The first kappa shape index (κ1) is 21.7. The van der Waals surface area contributed by atoms with Crippen LogP contribution in [-0.2, 0) is 0 Å². The highest BCUT2D eigenvalue weighted by Crippen LogP contribution is 2.44. The molecule has 2 aliphatic rings. The monoisotopic (exact) mass is 510 g/mol. The lowest BCUT2D eigenvalue weighted by molar-refractivity contribution is 0.487. The Kier molecular flexibility index (Phi) is 4.41. The fourth-order valence-electron chi connectivity index (χ4n) is 6.86. The van der Waals surface area contributed by atoms with Crippen molar-refractivity contribution in [3.05, 3.63) is 140 Å². The molecule has 0 atom stereocenters. The lowest BCUT2D eigenvalue weighted by Gasteiger charge is -2.37. The summed E-state index contributed by atoms with van der Waals surface area (Å²) >= 11 is 0. The number of para-hydroxylation sites is 5. The predicted molar refractivity (Wildman–Crippen MR) is 167 cm³/mol. The van der Waals surface area contributed by atoms with Crippen molar-refractivity contribution in [2.75, 3.05) is 4.90 Å². The summed E-state index contributed by atoms with van der Waals surface area (Å²) in [5.74, 6) is 1.85. The molecule has 0 unspecified atom stereocenters. The van der Waals surface area contributed by atoms with E-state index in [1.165, 1.54) is 43.9 Å². The van der Waals surface area contributed by atoms with Crippen molar-refractivity contribution in [1.29, 1.82) is 0 Å². The average molecular weight is 510 g/mol. The van der Waals surface area contributed by atoms with Crippen LogP contribution in [0.5, 0.6) is 11.5 Å². The maximum Gasteiger partial charge on any atom is 0.256 e. The van der Waals surface area contributed by atoms with Crippen LogP contribution in [0.4, 0.5) is 17.1 Å². The number of anilines is 3. The topological polar surface area (TPSA) is 17.4 Å². The van der Waals surface area contributed by atoms with Crippen molar-refractivity contribution < 1.29 is 4.74 Å². The van der Waals surface area contributed by atoms with Crippen LogP contribution in [0.3, 0.4) is 0 Å². The van der Waals surface area contributed by atoms with Crippen molar-refractivity contribution in [1.82, 2.24) is 4.57 Å². The van der Waals surface area contributed by atoms with Gasteiger partial charge in [0, 0.05) is 27.7 Å². The van der Waals surface area contributed by atoms with Gasteiger partial charge in [0.25, 0.3) is 6.71 Å². The third-order valence-electron chi connectivity index (χ3n) is 8.42. The molecule has 0 radical (unpaired) electrons. The van der Waals surface area contributed by atoms with E-state index in [0.29, 0.717) is 0 Å². The molecule has 0 aliphatic carbocycles. The molecule has 0 N–H and O–H groups in total. The van der Waals surface area contributed by atoms with Gasteiger partial charge in [0.05, 0.1) is 16.9 Å². The van der Waals surface area contributed by atoms with Gasteiger partial charge in [0.1, 0.15) is 11.5 Å². The van der Waals surface area contributed by atoms with Gasteiger partial charge >= 0.3 is 0 Å². The van der Waals surface area contributed by atoms with Gasteiger partial charge in [-0.15, -0.1) is 0 Å². The van der Waals surface area contributed by atoms with Crippen LogP contribution < -0.4 is 26.0 Å². The summed E-state index contributed by atoms with van der Waals surface area (Å²) in [6.45, 7) is 0.0730. The zero-order chi connectivity index (χ0) is 26.2. The van der Waals surface area contributed by atoms with Crippen LogP contribution >= 0.6 is 0 Å². The fourth-order valence-corrected chi connectivity index (χ4v) is 6.86. The highest BCUT2D eigenvalue weighted by atomic mass is 16.5. The number of aromatic nitrogens is 1. The van der Waals surface area contributed by atoms with E-state index < -0.39 is 0 Å². The van der Waals surface area contributed by atoms with E-state index >= 15 is 0 Å². The van der Waals surface area contributed by atoms with Crippen molar-refractivity contribution in [3.63, 3.8) is 0 Å². The van der Waals surface area contributed by atoms with Crippen LogP contribution in [0, 0.1) is 0 Å². The zero-order valence-corrected chi connectivity index (χ0v) is 21.7. The molecule has 1 aromatic heterocycles. The number of benzene rings is 6. The summed E-state index contributed by atoms with van der Waals surface area (Å²) in [5.41, 5.74) is 10.8. The second-order valence-electron chi connectivity index (χ2n) is 10.5. The summed E-state index contributed by atoms with van der Waals surface area (Å²) in [5, 5.41) is 2.55. The van der Waals surface area contributed by atoms with Gasteiger partial charge in [0.15, 0.2) is 0 Å². The van der Waals surface area contributed by atoms with Gasteiger partial charge in [0.2, 0.25) is 0 Å². The predicted octanol–water partition coefficient (Wildman–Crippen LogP) is 7.19. The number of fused-ring (bicyclic) bond motifs is 7. The van der Waals surface area contributed by atoms with Crippen LogP contribution in [0.2, 0.25) is 0 Å². The molecule has 3 nitrogen and oxygen atoms in total. The first-order chi connectivity index (χ1) is 19.9. The fraction of sp³-hybridized carbons (Fsp3) is 0. The Labute approximate surface area is 232 Å². The SMILES string of the molecule is c1ccc(N(c2ccccc2)c2ccc3c4c2-n2c5ccccc5c5cccc(c52)B4c2ccccc2O3)cc1. The Balaban J connectivity index is 1.47. The van der Waals surface area contributed by atoms with Gasteiger partial charge in [-0.2, -0.15) is 0 Å². The van der Waals surface area contributed by atoms with E-state index in [1.807, 2.05) is 0 Å². The van der Waals surface area contributed by atoms with E-state index in [0.717, 1.165) is 28.6 Å². The first-order valence-electron chi connectivity index (χ1n) is 13.7. The van der Waals surface area contributed by atoms with E-state index in [1.54, 1.807) is 0 Å². The molecule has 0 saturated carbocycles. The second-order valence-corrected chi connectivity index (χ2v) is 10.5. The van der Waals surface area contributed by atoms with Crippen LogP contribution in [0.1, 0.15) is 0 Å². The molecule has 0 bridgehead atoms. The lowest BCUT2D eigenvalue weighted by Crippen LogP contribution is -2.58.